The van der Waals surface area contributed by atoms with E-state index in [9.17, 15) is 0 Å². The highest BCUT2D eigenvalue weighted by molar-refractivity contribution is 6.31. The largest absolute Gasteiger partial charge is 0.258 e. The monoisotopic (exact) mass is 194 g/mol. The summed E-state index contributed by atoms with van der Waals surface area (Å²) in [6.07, 6.45) is 1.55. The lowest BCUT2D eigenvalue weighted by Gasteiger charge is -2.18. The summed E-state index contributed by atoms with van der Waals surface area (Å²) in [5.74, 6) is 0. The van der Waals surface area contributed by atoms with Crippen LogP contribution in [0.25, 0.3) is 0 Å². The number of nitriles is 1. The SMILES string of the molecule is CC(C)(C)c1ncc(C#N)cc1Cl. The van der Waals surface area contributed by atoms with E-state index in [1.54, 1.807) is 12.3 Å². The summed E-state index contributed by atoms with van der Waals surface area (Å²) in [5, 5.41) is 9.17. The summed E-state index contributed by atoms with van der Waals surface area (Å²) in [7, 11) is 0. The summed E-state index contributed by atoms with van der Waals surface area (Å²) in [6.45, 7) is 6.10. The smallest absolute Gasteiger partial charge is 0.101 e. The predicted molar refractivity (Wildman–Crippen MR) is 52.7 cm³/mol. The van der Waals surface area contributed by atoms with Gasteiger partial charge in [0.2, 0.25) is 0 Å². The van der Waals surface area contributed by atoms with Gasteiger partial charge in [-0.15, -0.1) is 0 Å². The highest BCUT2D eigenvalue weighted by Crippen LogP contribution is 2.27. The van der Waals surface area contributed by atoms with Gasteiger partial charge in [-0.05, 0) is 6.07 Å². The van der Waals surface area contributed by atoms with Crippen LogP contribution >= 0.6 is 11.6 Å². The maximum atomic E-state index is 8.61. The first-order valence-electron chi connectivity index (χ1n) is 4.01. The molecule has 0 aromatic carbocycles. The summed E-state index contributed by atoms with van der Waals surface area (Å²) < 4.78 is 0. The van der Waals surface area contributed by atoms with Crippen LogP contribution in [-0.4, -0.2) is 4.98 Å². The van der Waals surface area contributed by atoms with Crippen LogP contribution in [0.3, 0.4) is 0 Å². The summed E-state index contributed by atoms with van der Waals surface area (Å²) in [5.41, 5.74) is 1.25. The van der Waals surface area contributed by atoms with Crippen LogP contribution in [0.15, 0.2) is 12.3 Å². The van der Waals surface area contributed by atoms with Crippen LogP contribution < -0.4 is 0 Å². The number of nitrogens with zero attached hydrogens (tertiary/aromatic N) is 2. The third-order valence-electron chi connectivity index (χ3n) is 1.68. The van der Waals surface area contributed by atoms with Gasteiger partial charge in [0.05, 0.1) is 16.3 Å². The molecule has 2 nitrogen and oxygen atoms in total. The number of aromatic nitrogens is 1. The van der Waals surface area contributed by atoms with Crippen molar-refractivity contribution in [1.29, 1.82) is 5.26 Å². The molecule has 0 N–H and O–H groups in total. The first-order valence-corrected chi connectivity index (χ1v) is 4.39. The molecular weight excluding hydrogens is 184 g/mol. The van der Waals surface area contributed by atoms with Crippen molar-refractivity contribution >= 4 is 11.6 Å². The molecule has 0 amide bonds. The number of halogens is 1. The molecule has 3 heteroatoms. The van der Waals surface area contributed by atoms with Crippen molar-refractivity contribution in [2.45, 2.75) is 26.2 Å². The van der Waals surface area contributed by atoms with Crippen molar-refractivity contribution in [2.24, 2.45) is 0 Å². The van der Waals surface area contributed by atoms with Crippen LogP contribution in [0.4, 0.5) is 0 Å². The normalized spacial score (nSPS) is 11.0. The molecule has 0 spiro atoms. The van der Waals surface area contributed by atoms with E-state index in [2.05, 4.69) is 4.98 Å². The van der Waals surface area contributed by atoms with Crippen molar-refractivity contribution in [3.63, 3.8) is 0 Å². The van der Waals surface area contributed by atoms with Crippen LogP contribution in [0.2, 0.25) is 5.02 Å². The highest BCUT2D eigenvalue weighted by atomic mass is 35.5. The Kier molecular flexibility index (Phi) is 2.58. The van der Waals surface area contributed by atoms with Gasteiger partial charge in [0.15, 0.2) is 0 Å². The second-order valence-electron chi connectivity index (χ2n) is 3.92. The van der Waals surface area contributed by atoms with Gasteiger partial charge in [-0.25, -0.2) is 0 Å². The Morgan fingerprint density at radius 1 is 1.46 bits per heavy atom. The second kappa shape index (κ2) is 3.35. The molecule has 0 bridgehead atoms. The van der Waals surface area contributed by atoms with Crippen molar-refractivity contribution in [2.75, 3.05) is 0 Å². The highest BCUT2D eigenvalue weighted by Gasteiger charge is 2.18. The molecule has 68 valence electrons. The minimum absolute atomic E-state index is 0.0783. The number of hydrogen-bond donors (Lipinski definition) is 0. The average Bonchev–Trinajstić information content (AvgIpc) is 2.01. The molecule has 1 heterocycles. The van der Waals surface area contributed by atoms with Crippen molar-refractivity contribution in [3.8, 4) is 6.07 Å². The van der Waals surface area contributed by atoms with Crippen LogP contribution in [0.5, 0.6) is 0 Å². The Labute approximate surface area is 83.2 Å². The predicted octanol–water partition coefficient (Wildman–Crippen LogP) is 2.90. The van der Waals surface area contributed by atoms with E-state index in [1.807, 2.05) is 26.8 Å². The van der Waals surface area contributed by atoms with E-state index in [1.165, 1.54) is 0 Å². The van der Waals surface area contributed by atoms with E-state index >= 15 is 0 Å². The molecule has 0 aliphatic rings. The Morgan fingerprint density at radius 3 is 2.46 bits per heavy atom. The maximum absolute atomic E-state index is 8.61. The molecule has 13 heavy (non-hydrogen) atoms. The fourth-order valence-corrected chi connectivity index (χ4v) is 1.50. The molecule has 0 aliphatic heterocycles. The second-order valence-corrected chi connectivity index (χ2v) is 4.32. The quantitative estimate of drug-likeness (QED) is 0.637. The molecule has 0 saturated heterocycles. The molecule has 0 fully saturated rings. The van der Waals surface area contributed by atoms with Gasteiger partial charge in [0.1, 0.15) is 6.07 Å². The Hall–Kier alpha value is -1.07. The zero-order valence-electron chi connectivity index (χ0n) is 7.93. The van der Waals surface area contributed by atoms with Crippen molar-refractivity contribution < 1.29 is 0 Å². The molecule has 0 radical (unpaired) electrons. The van der Waals surface area contributed by atoms with Crippen LogP contribution in [0.1, 0.15) is 32.0 Å². The van der Waals surface area contributed by atoms with Crippen molar-refractivity contribution in [3.05, 3.63) is 28.5 Å². The molecule has 1 aromatic rings. The lowest BCUT2D eigenvalue weighted by molar-refractivity contribution is 0.569. The minimum atomic E-state index is -0.0783. The zero-order chi connectivity index (χ0) is 10.1. The third-order valence-corrected chi connectivity index (χ3v) is 1.97. The molecular formula is C10H11ClN2. The summed E-state index contributed by atoms with van der Waals surface area (Å²) in [6, 6.07) is 3.65. The lowest BCUT2D eigenvalue weighted by atomic mass is 9.91. The zero-order valence-corrected chi connectivity index (χ0v) is 8.68. The van der Waals surface area contributed by atoms with E-state index in [-0.39, 0.29) is 5.41 Å². The molecule has 0 atom stereocenters. The van der Waals surface area contributed by atoms with E-state index in [0.29, 0.717) is 10.6 Å². The number of pyridine rings is 1. The van der Waals surface area contributed by atoms with Gasteiger partial charge < -0.3 is 0 Å². The average molecular weight is 195 g/mol. The number of hydrogen-bond acceptors (Lipinski definition) is 2. The first kappa shape index (κ1) is 10.0. The van der Waals surface area contributed by atoms with Crippen LogP contribution in [-0.2, 0) is 5.41 Å². The lowest BCUT2D eigenvalue weighted by Crippen LogP contribution is -2.14. The molecule has 1 rings (SSSR count). The summed E-state index contributed by atoms with van der Waals surface area (Å²) >= 11 is 5.98. The molecule has 0 aliphatic carbocycles. The van der Waals surface area contributed by atoms with Crippen LogP contribution in [0, 0.1) is 11.3 Å². The summed E-state index contributed by atoms with van der Waals surface area (Å²) in [4.78, 5) is 4.17. The van der Waals surface area contributed by atoms with E-state index in [4.69, 9.17) is 16.9 Å². The third kappa shape index (κ3) is 2.19. The van der Waals surface area contributed by atoms with Crippen molar-refractivity contribution in [1.82, 2.24) is 4.98 Å². The minimum Gasteiger partial charge on any atom is -0.258 e. The van der Waals surface area contributed by atoms with E-state index < -0.39 is 0 Å². The fourth-order valence-electron chi connectivity index (χ4n) is 1.05. The first-order chi connectivity index (χ1) is 5.95. The Bertz CT molecular complexity index is 358. The fraction of sp³-hybridized carbons (Fsp3) is 0.400. The Morgan fingerprint density at radius 2 is 2.08 bits per heavy atom. The number of rotatable bonds is 0. The standard InChI is InChI=1S/C10H11ClN2/c1-10(2,3)9-8(11)4-7(5-12)6-13-9/h4,6H,1-3H3. The van der Waals surface area contributed by atoms with Gasteiger partial charge in [-0.3, -0.25) is 4.98 Å². The molecule has 0 saturated carbocycles. The van der Waals surface area contributed by atoms with E-state index in [0.717, 1.165) is 5.69 Å². The van der Waals surface area contributed by atoms with Gasteiger partial charge in [-0.2, -0.15) is 5.26 Å². The topological polar surface area (TPSA) is 36.7 Å². The molecule has 1 aromatic heterocycles. The van der Waals surface area contributed by atoms with Gasteiger partial charge >= 0.3 is 0 Å². The Balaban J connectivity index is 3.23. The van der Waals surface area contributed by atoms with Gasteiger partial charge in [-0.1, -0.05) is 32.4 Å². The van der Waals surface area contributed by atoms with Gasteiger partial charge in [0, 0.05) is 11.6 Å². The van der Waals surface area contributed by atoms with Gasteiger partial charge in [0.25, 0.3) is 0 Å². The molecule has 0 unspecified atom stereocenters. The maximum Gasteiger partial charge on any atom is 0.101 e.